The molecule has 2 nitrogen and oxygen atoms in total. The second-order valence-corrected chi connectivity index (χ2v) is 4.72. The number of nitrogens with zero attached hydrogens (tertiary/aromatic N) is 2. The summed E-state index contributed by atoms with van der Waals surface area (Å²) in [5, 5.41) is 0. The van der Waals surface area contributed by atoms with Gasteiger partial charge in [-0.25, -0.2) is 4.98 Å². The fourth-order valence-electron chi connectivity index (χ4n) is 2.38. The molecule has 2 heteroatoms. The topological polar surface area (TPSA) is 17.3 Å². The van der Waals surface area contributed by atoms with Crippen molar-refractivity contribution in [3.63, 3.8) is 0 Å². The van der Waals surface area contributed by atoms with Gasteiger partial charge in [-0.05, 0) is 25.0 Å². The molecule has 0 bridgehead atoms. The van der Waals surface area contributed by atoms with Gasteiger partial charge in [0.2, 0.25) is 0 Å². The van der Waals surface area contributed by atoms with Crippen molar-refractivity contribution in [2.45, 2.75) is 32.1 Å². The first-order chi connectivity index (χ1) is 6.68. The van der Waals surface area contributed by atoms with Crippen LogP contribution < -0.4 is 0 Å². The molecule has 0 aromatic carbocycles. The van der Waals surface area contributed by atoms with E-state index in [4.69, 9.17) is 4.98 Å². The Hall–Kier alpha value is -1.31. The van der Waals surface area contributed by atoms with Gasteiger partial charge in [0.25, 0.3) is 0 Å². The van der Waals surface area contributed by atoms with Gasteiger partial charge in [0.15, 0.2) is 0 Å². The van der Waals surface area contributed by atoms with Crippen LogP contribution in [0.1, 0.15) is 31.7 Å². The molecule has 1 aliphatic rings. The van der Waals surface area contributed by atoms with Crippen LogP contribution in [0.4, 0.5) is 0 Å². The lowest BCUT2D eigenvalue weighted by molar-refractivity contribution is 0.510. The first-order valence-electron chi connectivity index (χ1n) is 5.15. The number of hydrogen-bond acceptors (Lipinski definition) is 1. The highest BCUT2D eigenvalue weighted by molar-refractivity contribution is 5.46. The Balaban J connectivity index is 2.37. The van der Waals surface area contributed by atoms with Gasteiger partial charge in [-0.2, -0.15) is 0 Å². The van der Waals surface area contributed by atoms with Crippen LogP contribution in [0.5, 0.6) is 0 Å². The number of aromatic nitrogens is 2. The lowest BCUT2D eigenvalue weighted by Crippen LogP contribution is -2.12. The smallest absolute Gasteiger partial charge is 0.137 e. The third-order valence-electron chi connectivity index (χ3n) is 3.26. The Kier molecular flexibility index (Phi) is 1.37. The van der Waals surface area contributed by atoms with Crippen molar-refractivity contribution in [2.75, 3.05) is 0 Å². The zero-order valence-corrected chi connectivity index (χ0v) is 8.62. The normalized spacial score (nSPS) is 18.7. The minimum Gasteiger partial charge on any atom is -0.304 e. The first kappa shape index (κ1) is 8.04. The molecule has 0 fully saturated rings. The zero-order chi connectivity index (χ0) is 9.76. The zero-order valence-electron chi connectivity index (χ0n) is 8.62. The Bertz CT molecular complexity index is 494. The highest BCUT2D eigenvalue weighted by atomic mass is 15.0. The monoisotopic (exact) mass is 186 g/mol. The summed E-state index contributed by atoms with van der Waals surface area (Å²) in [6.07, 6.45) is 4.50. The minimum atomic E-state index is 0.265. The summed E-state index contributed by atoms with van der Waals surface area (Å²) in [7, 11) is 0. The molecule has 3 rings (SSSR count). The van der Waals surface area contributed by atoms with Gasteiger partial charge in [-0.15, -0.1) is 0 Å². The van der Waals surface area contributed by atoms with E-state index in [-0.39, 0.29) is 5.41 Å². The predicted molar refractivity (Wildman–Crippen MR) is 56.5 cm³/mol. The maximum absolute atomic E-state index is 4.71. The highest BCUT2D eigenvalue weighted by Gasteiger charge is 2.33. The summed E-state index contributed by atoms with van der Waals surface area (Å²) in [5.41, 5.74) is 4.06. The first-order valence-corrected chi connectivity index (χ1v) is 5.15. The lowest BCUT2D eigenvalue weighted by atomic mass is 9.91. The third-order valence-corrected chi connectivity index (χ3v) is 3.26. The molecule has 0 N–H and O–H groups in total. The summed E-state index contributed by atoms with van der Waals surface area (Å²) >= 11 is 0. The van der Waals surface area contributed by atoms with E-state index in [1.165, 1.54) is 17.8 Å². The lowest BCUT2D eigenvalue weighted by Gasteiger charge is -2.14. The van der Waals surface area contributed by atoms with E-state index in [2.05, 4.69) is 36.6 Å². The molecule has 0 atom stereocenters. The summed E-state index contributed by atoms with van der Waals surface area (Å²) in [6, 6.07) is 6.19. The van der Waals surface area contributed by atoms with Gasteiger partial charge in [0.05, 0.1) is 5.69 Å². The van der Waals surface area contributed by atoms with Crippen LogP contribution in [0.15, 0.2) is 24.4 Å². The SMILES string of the molecule is CC1(C)CCc2c1nc1ccccn21. The quantitative estimate of drug-likeness (QED) is 0.618. The van der Waals surface area contributed by atoms with Crippen LogP contribution in [0.2, 0.25) is 0 Å². The fourth-order valence-corrected chi connectivity index (χ4v) is 2.38. The second kappa shape index (κ2) is 2.38. The summed E-state index contributed by atoms with van der Waals surface area (Å²) in [5.74, 6) is 0. The number of fused-ring (bicyclic) bond motifs is 3. The molecule has 2 aromatic rings. The molecule has 0 spiro atoms. The Labute approximate surface area is 83.6 Å². The van der Waals surface area contributed by atoms with E-state index in [1.807, 2.05) is 6.07 Å². The van der Waals surface area contributed by atoms with Crippen molar-refractivity contribution in [1.82, 2.24) is 9.38 Å². The Morgan fingerprint density at radius 2 is 2.21 bits per heavy atom. The average Bonchev–Trinajstić information content (AvgIpc) is 2.65. The van der Waals surface area contributed by atoms with Crippen molar-refractivity contribution in [1.29, 1.82) is 0 Å². The van der Waals surface area contributed by atoms with E-state index < -0.39 is 0 Å². The molecule has 0 amide bonds. The fraction of sp³-hybridized carbons (Fsp3) is 0.417. The molecule has 14 heavy (non-hydrogen) atoms. The molecule has 2 aromatic heterocycles. The molecule has 0 saturated heterocycles. The van der Waals surface area contributed by atoms with E-state index in [0.29, 0.717) is 0 Å². The molecular weight excluding hydrogens is 172 g/mol. The van der Waals surface area contributed by atoms with Crippen LogP contribution in [0, 0.1) is 0 Å². The summed E-state index contributed by atoms with van der Waals surface area (Å²) < 4.78 is 2.23. The van der Waals surface area contributed by atoms with Crippen LogP contribution in [-0.2, 0) is 11.8 Å². The largest absolute Gasteiger partial charge is 0.304 e. The van der Waals surface area contributed by atoms with Crippen molar-refractivity contribution < 1.29 is 0 Å². The van der Waals surface area contributed by atoms with Crippen LogP contribution in [-0.4, -0.2) is 9.38 Å². The maximum Gasteiger partial charge on any atom is 0.137 e. The van der Waals surface area contributed by atoms with Gasteiger partial charge in [0.1, 0.15) is 5.65 Å². The second-order valence-electron chi connectivity index (χ2n) is 4.72. The number of aryl methyl sites for hydroxylation is 1. The summed E-state index contributed by atoms with van der Waals surface area (Å²) in [6.45, 7) is 4.57. The molecule has 0 aliphatic heterocycles. The Morgan fingerprint density at radius 1 is 1.36 bits per heavy atom. The van der Waals surface area contributed by atoms with Crippen molar-refractivity contribution in [3.05, 3.63) is 35.8 Å². The van der Waals surface area contributed by atoms with Gasteiger partial charge in [-0.3, -0.25) is 0 Å². The number of hydrogen-bond donors (Lipinski definition) is 0. The standard InChI is InChI=1S/C12H14N2/c1-12(2)7-6-9-11(12)13-10-5-3-4-8-14(9)10/h3-5,8H,6-7H2,1-2H3. The van der Waals surface area contributed by atoms with Gasteiger partial charge in [-0.1, -0.05) is 19.9 Å². The molecule has 72 valence electrons. The number of pyridine rings is 1. The molecule has 0 radical (unpaired) electrons. The van der Waals surface area contributed by atoms with Crippen LogP contribution in [0.3, 0.4) is 0 Å². The molecule has 0 unspecified atom stereocenters. The predicted octanol–water partition coefficient (Wildman–Crippen LogP) is 2.56. The van der Waals surface area contributed by atoms with Gasteiger partial charge < -0.3 is 4.40 Å². The van der Waals surface area contributed by atoms with E-state index in [1.54, 1.807) is 0 Å². The van der Waals surface area contributed by atoms with Crippen LogP contribution >= 0.6 is 0 Å². The van der Waals surface area contributed by atoms with Crippen molar-refractivity contribution in [2.24, 2.45) is 0 Å². The van der Waals surface area contributed by atoms with E-state index >= 15 is 0 Å². The van der Waals surface area contributed by atoms with E-state index in [9.17, 15) is 0 Å². The average molecular weight is 186 g/mol. The third kappa shape index (κ3) is 0.884. The van der Waals surface area contributed by atoms with Crippen molar-refractivity contribution in [3.8, 4) is 0 Å². The Morgan fingerprint density at radius 3 is 3.07 bits per heavy atom. The molecule has 1 aliphatic carbocycles. The van der Waals surface area contributed by atoms with Gasteiger partial charge in [0, 0.05) is 17.3 Å². The number of imidazole rings is 1. The molecule has 0 saturated carbocycles. The molecular formula is C12H14N2. The molecule has 2 heterocycles. The summed E-state index contributed by atoms with van der Waals surface area (Å²) in [4.78, 5) is 4.71. The maximum atomic E-state index is 4.71. The van der Waals surface area contributed by atoms with Gasteiger partial charge >= 0.3 is 0 Å². The minimum absolute atomic E-state index is 0.265. The van der Waals surface area contributed by atoms with Crippen molar-refractivity contribution >= 4 is 5.65 Å². The van der Waals surface area contributed by atoms with E-state index in [0.717, 1.165) is 12.1 Å². The number of rotatable bonds is 0. The highest BCUT2D eigenvalue weighted by Crippen LogP contribution is 2.37. The van der Waals surface area contributed by atoms with Crippen LogP contribution in [0.25, 0.3) is 5.65 Å².